The Kier molecular flexibility index (Phi) is 5.32. The average molecular weight is 443 g/mol. The fourth-order valence-electron chi connectivity index (χ4n) is 8.13. The van der Waals surface area contributed by atoms with E-state index in [1.54, 1.807) is 12.2 Å². The molecular formula is C26H38N2O4. The first-order valence-corrected chi connectivity index (χ1v) is 12.4. The highest BCUT2D eigenvalue weighted by Gasteiger charge is 2.68. The maximum absolute atomic E-state index is 13.5. The molecular weight excluding hydrogens is 404 g/mol. The van der Waals surface area contributed by atoms with Crippen LogP contribution in [0.25, 0.3) is 0 Å². The van der Waals surface area contributed by atoms with Crippen molar-refractivity contribution < 1.29 is 19.8 Å². The van der Waals surface area contributed by atoms with Crippen LogP contribution >= 0.6 is 0 Å². The molecule has 176 valence electrons. The van der Waals surface area contributed by atoms with Crippen LogP contribution in [0.15, 0.2) is 23.8 Å². The molecule has 6 nitrogen and oxygen atoms in total. The number of aliphatic hydroxyl groups is 2. The molecule has 0 aromatic carbocycles. The van der Waals surface area contributed by atoms with Crippen molar-refractivity contribution in [3.8, 4) is 0 Å². The molecule has 1 aliphatic heterocycles. The smallest absolute Gasteiger partial charge is 0.178 e. The van der Waals surface area contributed by atoms with Crippen molar-refractivity contribution in [2.24, 2.45) is 28.6 Å². The predicted molar refractivity (Wildman–Crippen MR) is 122 cm³/mol. The van der Waals surface area contributed by atoms with Crippen molar-refractivity contribution in [1.29, 1.82) is 0 Å². The third-order valence-electron chi connectivity index (χ3n) is 10.1. The van der Waals surface area contributed by atoms with Crippen LogP contribution in [0.3, 0.4) is 0 Å². The molecule has 5 aliphatic rings. The number of allylic oxidation sites excluding steroid dienone is 4. The van der Waals surface area contributed by atoms with Crippen LogP contribution in [0.5, 0.6) is 0 Å². The molecule has 7 atom stereocenters. The van der Waals surface area contributed by atoms with Crippen LogP contribution < -0.4 is 0 Å². The maximum atomic E-state index is 13.5. The Morgan fingerprint density at radius 1 is 1.19 bits per heavy atom. The second-order valence-electron chi connectivity index (χ2n) is 11.6. The lowest BCUT2D eigenvalue weighted by atomic mass is 9.46. The van der Waals surface area contributed by atoms with Crippen LogP contribution in [-0.2, 0) is 9.59 Å². The first-order chi connectivity index (χ1) is 15.1. The third kappa shape index (κ3) is 3.13. The van der Waals surface area contributed by atoms with E-state index < -0.39 is 17.1 Å². The lowest BCUT2D eigenvalue weighted by Crippen LogP contribution is -2.62. The summed E-state index contributed by atoms with van der Waals surface area (Å²) in [6.07, 6.45) is 8.33. The lowest BCUT2D eigenvalue weighted by Gasteiger charge is -2.59. The number of ketones is 2. The number of carbonyl (C=O) groups excluding carboxylic acids is 2. The second-order valence-corrected chi connectivity index (χ2v) is 11.6. The van der Waals surface area contributed by atoms with E-state index >= 15 is 0 Å². The predicted octanol–water partition coefficient (Wildman–Crippen LogP) is 1.81. The average Bonchev–Trinajstić information content (AvgIpc) is 3.01. The highest BCUT2D eigenvalue weighted by atomic mass is 16.3. The van der Waals surface area contributed by atoms with Crippen LogP contribution in [-0.4, -0.2) is 83.1 Å². The quantitative estimate of drug-likeness (QED) is 0.694. The minimum Gasteiger partial charge on any atom is -0.393 e. The molecule has 0 bridgehead atoms. The molecule has 4 fully saturated rings. The van der Waals surface area contributed by atoms with Gasteiger partial charge in [0.15, 0.2) is 11.6 Å². The number of nitrogens with zero attached hydrogens (tertiary/aromatic N) is 2. The number of piperazine rings is 1. The molecule has 6 heteroatoms. The van der Waals surface area contributed by atoms with Gasteiger partial charge in [0.2, 0.25) is 0 Å². The fourth-order valence-corrected chi connectivity index (χ4v) is 8.13. The summed E-state index contributed by atoms with van der Waals surface area (Å²) in [6.45, 7) is 8.10. The summed E-state index contributed by atoms with van der Waals surface area (Å²) in [5, 5.41) is 23.3. The summed E-state index contributed by atoms with van der Waals surface area (Å²) >= 11 is 0. The number of Topliss-reactive ketones (excluding diaryl/α,β-unsaturated/α-hetero) is 1. The molecule has 0 spiro atoms. The van der Waals surface area contributed by atoms with Gasteiger partial charge in [-0.3, -0.25) is 14.5 Å². The Morgan fingerprint density at radius 3 is 2.62 bits per heavy atom. The molecule has 3 saturated carbocycles. The van der Waals surface area contributed by atoms with Crippen molar-refractivity contribution in [2.75, 3.05) is 39.8 Å². The van der Waals surface area contributed by atoms with Gasteiger partial charge in [-0.2, -0.15) is 0 Å². The zero-order valence-electron chi connectivity index (χ0n) is 19.7. The standard InChI is InChI=1S/C26H38N2O4/c1-24-8-6-18(29)14-17(24)4-5-19-20-7-9-26(32,25(20,2)15-21(30)23(19)24)22(31)16-28-12-10-27(3)11-13-28/h6,8,14,19-21,23,30,32H,4-5,7,9-13,15-16H2,1-3H3/t19-,20-,21-,23+,24+,25-,26-/m0/s1. The molecule has 32 heavy (non-hydrogen) atoms. The summed E-state index contributed by atoms with van der Waals surface area (Å²) in [4.78, 5) is 29.9. The van der Waals surface area contributed by atoms with Crippen molar-refractivity contribution in [3.63, 3.8) is 0 Å². The molecule has 1 heterocycles. The van der Waals surface area contributed by atoms with Gasteiger partial charge in [0.25, 0.3) is 0 Å². The highest BCUT2D eigenvalue weighted by Crippen LogP contribution is 2.67. The number of hydrogen-bond donors (Lipinski definition) is 2. The fraction of sp³-hybridized carbons (Fsp3) is 0.769. The number of hydrogen-bond acceptors (Lipinski definition) is 6. The summed E-state index contributed by atoms with van der Waals surface area (Å²) in [5.74, 6) is 0.454. The van der Waals surface area contributed by atoms with Crippen molar-refractivity contribution in [1.82, 2.24) is 9.80 Å². The topological polar surface area (TPSA) is 81.1 Å². The van der Waals surface area contributed by atoms with E-state index in [2.05, 4.69) is 30.7 Å². The van der Waals surface area contributed by atoms with Crippen LogP contribution in [0.4, 0.5) is 0 Å². The maximum Gasteiger partial charge on any atom is 0.178 e. The van der Waals surface area contributed by atoms with Gasteiger partial charge in [-0.05, 0) is 63.1 Å². The molecule has 0 aromatic heterocycles. The monoisotopic (exact) mass is 442 g/mol. The second kappa shape index (κ2) is 7.59. The first kappa shape index (κ1) is 22.5. The Hall–Kier alpha value is -1.34. The number of rotatable bonds is 3. The van der Waals surface area contributed by atoms with Crippen LogP contribution in [0.1, 0.15) is 46.0 Å². The van der Waals surface area contributed by atoms with Gasteiger partial charge in [0.05, 0.1) is 12.6 Å². The van der Waals surface area contributed by atoms with Gasteiger partial charge < -0.3 is 15.1 Å². The first-order valence-electron chi connectivity index (χ1n) is 12.4. The van der Waals surface area contributed by atoms with Gasteiger partial charge in [-0.25, -0.2) is 0 Å². The van der Waals surface area contributed by atoms with Crippen LogP contribution in [0, 0.1) is 28.6 Å². The molecule has 0 aromatic rings. The van der Waals surface area contributed by atoms with Crippen molar-refractivity contribution in [3.05, 3.63) is 23.8 Å². The normalized spacial score (nSPS) is 46.9. The van der Waals surface area contributed by atoms with Crippen molar-refractivity contribution >= 4 is 11.6 Å². The summed E-state index contributed by atoms with van der Waals surface area (Å²) in [5.41, 5.74) is -1.17. The number of aliphatic hydroxyl groups excluding tert-OH is 1. The number of carbonyl (C=O) groups is 2. The zero-order valence-corrected chi connectivity index (χ0v) is 19.7. The Labute approximate surface area is 191 Å². The SMILES string of the molecule is CN1CCN(CC(=O)[C@@]2(O)CC[C@H]3[C@@H]4CCC5=CC(=O)C=C[C@@]5(C)[C@H]4[C@@H](O)C[C@@]32C)CC1. The van der Waals surface area contributed by atoms with Gasteiger partial charge in [-0.15, -0.1) is 0 Å². The zero-order chi connectivity index (χ0) is 22.9. The van der Waals surface area contributed by atoms with E-state index in [0.717, 1.165) is 51.0 Å². The largest absolute Gasteiger partial charge is 0.393 e. The highest BCUT2D eigenvalue weighted by molar-refractivity contribution is 6.01. The minimum atomic E-state index is -1.37. The lowest BCUT2D eigenvalue weighted by molar-refractivity contribution is -0.177. The van der Waals surface area contributed by atoms with E-state index in [0.29, 0.717) is 19.4 Å². The van der Waals surface area contributed by atoms with Crippen molar-refractivity contribution in [2.45, 2.75) is 57.7 Å². The molecule has 2 N–H and O–H groups in total. The van der Waals surface area contributed by atoms with Gasteiger partial charge in [0, 0.05) is 42.9 Å². The van der Waals surface area contributed by atoms with Crippen LogP contribution in [0.2, 0.25) is 0 Å². The Morgan fingerprint density at radius 2 is 1.91 bits per heavy atom. The summed E-state index contributed by atoms with van der Waals surface area (Å²) in [7, 11) is 2.10. The number of fused-ring (bicyclic) bond motifs is 5. The molecule has 4 aliphatic carbocycles. The van der Waals surface area contributed by atoms with E-state index in [-0.39, 0.29) is 34.7 Å². The number of likely N-dealkylation sites (N-methyl/N-ethyl adjacent to an activating group) is 1. The summed E-state index contributed by atoms with van der Waals surface area (Å²) in [6, 6.07) is 0. The summed E-state index contributed by atoms with van der Waals surface area (Å²) < 4.78 is 0. The van der Waals surface area contributed by atoms with E-state index in [9.17, 15) is 19.8 Å². The van der Waals surface area contributed by atoms with E-state index in [4.69, 9.17) is 0 Å². The molecule has 5 rings (SSSR count). The Bertz CT molecular complexity index is 875. The molecule has 0 amide bonds. The third-order valence-corrected chi connectivity index (χ3v) is 10.1. The van der Waals surface area contributed by atoms with E-state index in [1.165, 1.54) is 0 Å². The van der Waals surface area contributed by atoms with Gasteiger partial charge in [-0.1, -0.05) is 25.5 Å². The molecule has 1 saturated heterocycles. The molecule has 0 radical (unpaired) electrons. The van der Waals surface area contributed by atoms with E-state index in [1.807, 2.05) is 6.08 Å². The minimum absolute atomic E-state index is 0.0278. The molecule has 0 unspecified atom stereocenters. The Balaban J connectivity index is 1.40. The van der Waals surface area contributed by atoms with Gasteiger partial charge in [0.1, 0.15) is 5.60 Å². The van der Waals surface area contributed by atoms with Gasteiger partial charge >= 0.3 is 0 Å².